The maximum absolute atomic E-state index is 10.5. The molecule has 0 radical (unpaired) electrons. The molecule has 0 aliphatic rings. The predicted octanol–water partition coefficient (Wildman–Crippen LogP) is 3.18. The van der Waals surface area contributed by atoms with E-state index in [1.807, 2.05) is 19.1 Å². The Morgan fingerprint density at radius 2 is 1.80 bits per heavy atom. The van der Waals surface area contributed by atoms with Gasteiger partial charge in [0, 0.05) is 17.5 Å². The molecule has 2 heteroatoms. The third-order valence-electron chi connectivity index (χ3n) is 2.78. The van der Waals surface area contributed by atoms with Crippen LogP contribution in [-0.4, -0.2) is 10.1 Å². The molecule has 0 amide bonds. The number of hydrogen-bond donors (Lipinski definition) is 1. The van der Waals surface area contributed by atoms with E-state index in [9.17, 15) is 5.11 Å². The second-order valence-corrected chi connectivity index (χ2v) is 4.22. The van der Waals surface area contributed by atoms with Crippen molar-refractivity contribution in [2.75, 3.05) is 0 Å². The minimum atomic E-state index is -0.676. The first-order chi connectivity index (χ1) is 7.12. The van der Waals surface area contributed by atoms with Crippen molar-refractivity contribution in [3.8, 4) is 0 Å². The number of hydrogen-bond acceptors (Lipinski definition) is 2. The normalized spacial score (nSPS) is 11.7. The van der Waals surface area contributed by atoms with Crippen LogP contribution in [0.3, 0.4) is 0 Å². The number of nitrogens with zero attached hydrogens (tertiary/aromatic N) is 1. The summed E-state index contributed by atoms with van der Waals surface area (Å²) in [7, 11) is 0. The summed E-state index contributed by atoms with van der Waals surface area (Å²) in [6, 6.07) is 3.96. The van der Waals surface area contributed by atoms with Crippen LogP contribution < -0.4 is 0 Å². The molecule has 15 heavy (non-hydrogen) atoms. The Balaban J connectivity index is 2.92. The van der Waals surface area contributed by atoms with Crippen LogP contribution in [0, 0.1) is 6.92 Å². The van der Waals surface area contributed by atoms with E-state index in [1.165, 1.54) is 0 Å². The van der Waals surface area contributed by atoms with Gasteiger partial charge in [-0.05, 0) is 25.8 Å². The minimum Gasteiger partial charge on any atom is -0.385 e. The highest BCUT2D eigenvalue weighted by Gasteiger charge is 2.27. The standard InChI is InChI=1S/C13H21NO/c1-4-8-13(15,9-5-2)12-7-6-11(3)14-10-12/h6-7,10,15H,4-5,8-9H2,1-3H3. The first-order valence-corrected chi connectivity index (χ1v) is 5.78. The van der Waals surface area contributed by atoms with Gasteiger partial charge < -0.3 is 5.11 Å². The van der Waals surface area contributed by atoms with Gasteiger partial charge in [-0.1, -0.05) is 32.8 Å². The van der Waals surface area contributed by atoms with Crippen LogP contribution in [0.4, 0.5) is 0 Å². The smallest absolute Gasteiger partial charge is 0.0911 e. The topological polar surface area (TPSA) is 33.1 Å². The van der Waals surface area contributed by atoms with Gasteiger partial charge in [0.05, 0.1) is 5.60 Å². The molecule has 1 aromatic heterocycles. The molecule has 1 aromatic rings. The summed E-state index contributed by atoms with van der Waals surface area (Å²) >= 11 is 0. The van der Waals surface area contributed by atoms with Crippen molar-refractivity contribution in [1.29, 1.82) is 0 Å². The summed E-state index contributed by atoms with van der Waals surface area (Å²) in [4.78, 5) is 4.25. The average Bonchev–Trinajstić information content (AvgIpc) is 2.19. The van der Waals surface area contributed by atoms with Gasteiger partial charge in [-0.3, -0.25) is 4.98 Å². The van der Waals surface area contributed by atoms with E-state index in [1.54, 1.807) is 6.20 Å². The van der Waals surface area contributed by atoms with Crippen LogP contribution in [0.2, 0.25) is 0 Å². The minimum absolute atomic E-state index is 0.676. The summed E-state index contributed by atoms with van der Waals surface area (Å²) in [6.07, 6.45) is 5.41. The van der Waals surface area contributed by atoms with Gasteiger partial charge in [-0.25, -0.2) is 0 Å². The fourth-order valence-electron chi connectivity index (χ4n) is 1.98. The molecule has 1 rings (SSSR count). The molecule has 84 valence electrons. The lowest BCUT2D eigenvalue weighted by Gasteiger charge is -2.27. The predicted molar refractivity (Wildman–Crippen MR) is 62.7 cm³/mol. The first-order valence-electron chi connectivity index (χ1n) is 5.78. The van der Waals surface area contributed by atoms with Gasteiger partial charge in [-0.2, -0.15) is 0 Å². The largest absolute Gasteiger partial charge is 0.385 e. The number of aliphatic hydroxyl groups is 1. The Kier molecular flexibility index (Phi) is 4.28. The van der Waals surface area contributed by atoms with Crippen molar-refractivity contribution in [2.45, 2.75) is 52.1 Å². The average molecular weight is 207 g/mol. The van der Waals surface area contributed by atoms with E-state index in [0.717, 1.165) is 36.9 Å². The van der Waals surface area contributed by atoms with E-state index in [0.29, 0.717) is 0 Å². The fraction of sp³-hybridized carbons (Fsp3) is 0.615. The highest BCUT2D eigenvalue weighted by Crippen LogP contribution is 2.30. The quantitative estimate of drug-likeness (QED) is 0.804. The third kappa shape index (κ3) is 3.03. The third-order valence-corrected chi connectivity index (χ3v) is 2.78. The van der Waals surface area contributed by atoms with Gasteiger partial charge in [0.15, 0.2) is 0 Å². The maximum Gasteiger partial charge on any atom is 0.0911 e. The molecule has 1 heterocycles. The number of aryl methyl sites for hydroxylation is 1. The van der Waals surface area contributed by atoms with Crippen LogP contribution in [0.5, 0.6) is 0 Å². The van der Waals surface area contributed by atoms with Gasteiger partial charge in [0.25, 0.3) is 0 Å². The molecule has 0 bridgehead atoms. The van der Waals surface area contributed by atoms with Gasteiger partial charge >= 0.3 is 0 Å². The second kappa shape index (κ2) is 5.26. The summed E-state index contributed by atoms with van der Waals surface area (Å²) in [6.45, 7) is 6.16. The van der Waals surface area contributed by atoms with Gasteiger partial charge in [-0.15, -0.1) is 0 Å². The number of rotatable bonds is 5. The SMILES string of the molecule is CCCC(O)(CCC)c1ccc(C)nc1. The zero-order valence-electron chi connectivity index (χ0n) is 9.95. The molecule has 2 nitrogen and oxygen atoms in total. The first kappa shape index (κ1) is 12.2. The van der Waals surface area contributed by atoms with Crippen LogP contribution in [-0.2, 0) is 5.60 Å². The van der Waals surface area contributed by atoms with E-state index < -0.39 is 5.60 Å². The molecule has 0 fully saturated rings. The monoisotopic (exact) mass is 207 g/mol. The van der Waals surface area contributed by atoms with Crippen LogP contribution >= 0.6 is 0 Å². The Bertz CT molecular complexity index is 286. The van der Waals surface area contributed by atoms with E-state index in [4.69, 9.17) is 0 Å². The summed E-state index contributed by atoms with van der Waals surface area (Å²) < 4.78 is 0. The Morgan fingerprint density at radius 3 is 2.20 bits per heavy atom. The van der Waals surface area contributed by atoms with Crippen molar-refractivity contribution in [3.63, 3.8) is 0 Å². The zero-order valence-corrected chi connectivity index (χ0v) is 9.95. The molecular weight excluding hydrogens is 186 g/mol. The van der Waals surface area contributed by atoms with Crippen LogP contribution in [0.15, 0.2) is 18.3 Å². The van der Waals surface area contributed by atoms with Crippen LogP contribution in [0.25, 0.3) is 0 Å². The number of pyridine rings is 1. The van der Waals surface area contributed by atoms with Crippen molar-refractivity contribution in [1.82, 2.24) is 4.98 Å². The summed E-state index contributed by atoms with van der Waals surface area (Å²) in [5.74, 6) is 0. The molecule has 0 aliphatic heterocycles. The summed E-state index contributed by atoms with van der Waals surface area (Å²) in [5, 5.41) is 10.5. The molecule has 0 unspecified atom stereocenters. The lowest BCUT2D eigenvalue weighted by Crippen LogP contribution is -2.25. The van der Waals surface area contributed by atoms with Crippen molar-refractivity contribution in [3.05, 3.63) is 29.6 Å². The Labute approximate surface area is 92.4 Å². The van der Waals surface area contributed by atoms with Gasteiger partial charge in [0.2, 0.25) is 0 Å². The molecule has 0 saturated heterocycles. The second-order valence-electron chi connectivity index (χ2n) is 4.22. The van der Waals surface area contributed by atoms with Crippen LogP contribution in [0.1, 0.15) is 50.8 Å². The summed E-state index contributed by atoms with van der Waals surface area (Å²) in [5.41, 5.74) is 1.27. The van der Waals surface area contributed by atoms with Crippen molar-refractivity contribution in [2.24, 2.45) is 0 Å². The molecule has 0 aromatic carbocycles. The molecule has 0 atom stereocenters. The lowest BCUT2D eigenvalue weighted by molar-refractivity contribution is 0.0166. The Hall–Kier alpha value is -0.890. The molecule has 1 N–H and O–H groups in total. The van der Waals surface area contributed by atoms with E-state index in [2.05, 4.69) is 18.8 Å². The van der Waals surface area contributed by atoms with E-state index in [-0.39, 0.29) is 0 Å². The highest BCUT2D eigenvalue weighted by atomic mass is 16.3. The number of aromatic nitrogens is 1. The molecule has 0 aliphatic carbocycles. The Morgan fingerprint density at radius 1 is 1.20 bits per heavy atom. The zero-order chi connectivity index (χ0) is 11.3. The fourth-order valence-corrected chi connectivity index (χ4v) is 1.98. The molecular formula is C13H21NO. The molecule has 0 spiro atoms. The lowest BCUT2D eigenvalue weighted by atomic mass is 9.86. The maximum atomic E-state index is 10.5. The molecule has 0 saturated carbocycles. The van der Waals surface area contributed by atoms with Gasteiger partial charge in [0.1, 0.15) is 0 Å². The highest BCUT2D eigenvalue weighted by molar-refractivity contribution is 5.20. The van der Waals surface area contributed by atoms with Crippen molar-refractivity contribution >= 4 is 0 Å². The van der Waals surface area contributed by atoms with Crippen molar-refractivity contribution < 1.29 is 5.11 Å². The van der Waals surface area contributed by atoms with E-state index >= 15 is 0 Å².